The molecule has 0 radical (unpaired) electrons. The first-order valence-corrected chi connectivity index (χ1v) is 12.7. The van der Waals surface area contributed by atoms with Gasteiger partial charge >= 0.3 is 6.09 Å². The van der Waals surface area contributed by atoms with E-state index in [4.69, 9.17) is 4.74 Å². The average Bonchev–Trinajstić information content (AvgIpc) is 2.68. The first-order valence-electron chi connectivity index (χ1n) is 12.7. The lowest BCUT2D eigenvalue weighted by Gasteiger charge is -2.37. The molecule has 198 valence electrons. The lowest BCUT2D eigenvalue weighted by Crippen LogP contribution is -2.56. The third-order valence-corrected chi connectivity index (χ3v) is 5.31. The second-order valence-electron chi connectivity index (χ2n) is 11.7. The van der Waals surface area contributed by atoms with E-state index in [1.54, 1.807) is 25.7 Å². The van der Waals surface area contributed by atoms with Gasteiger partial charge in [0.15, 0.2) is 0 Å². The number of amides is 3. The molecule has 7 nitrogen and oxygen atoms in total. The van der Waals surface area contributed by atoms with Crippen LogP contribution in [-0.4, -0.2) is 46.5 Å². The molecule has 7 heteroatoms. The molecule has 0 saturated heterocycles. The fourth-order valence-corrected chi connectivity index (χ4v) is 3.78. The zero-order valence-corrected chi connectivity index (χ0v) is 23.5. The van der Waals surface area contributed by atoms with Gasteiger partial charge in [0, 0.05) is 12.1 Å². The van der Waals surface area contributed by atoms with E-state index in [1.807, 2.05) is 65.8 Å². The van der Waals surface area contributed by atoms with Crippen LogP contribution in [0.15, 0.2) is 24.3 Å². The number of ether oxygens (including phenoxy) is 1. The SMILES string of the molecule is CCCCCN(C(=O)C(NC(=O)OC(C)(C)C)C(C)C)C(C(=O)NC(C)(C)C)c1cccc(C)c1. The molecule has 1 aromatic rings. The molecule has 35 heavy (non-hydrogen) atoms. The number of alkyl carbamates (subject to hydrolysis) is 1. The topological polar surface area (TPSA) is 87.7 Å². The zero-order valence-electron chi connectivity index (χ0n) is 23.5. The fourth-order valence-electron chi connectivity index (χ4n) is 3.78. The molecule has 0 aromatic heterocycles. The van der Waals surface area contributed by atoms with Crippen molar-refractivity contribution >= 4 is 17.9 Å². The van der Waals surface area contributed by atoms with E-state index in [9.17, 15) is 14.4 Å². The zero-order chi connectivity index (χ0) is 27.0. The Morgan fingerprint density at radius 2 is 1.66 bits per heavy atom. The highest BCUT2D eigenvalue weighted by molar-refractivity contribution is 5.92. The summed E-state index contributed by atoms with van der Waals surface area (Å²) in [6.45, 7) is 19.3. The summed E-state index contributed by atoms with van der Waals surface area (Å²) in [4.78, 5) is 41.9. The molecule has 0 aliphatic carbocycles. The second kappa shape index (κ2) is 12.9. The highest BCUT2D eigenvalue weighted by Crippen LogP contribution is 2.26. The van der Waals surface area contributed by atoms with Gasteiger partial charge in [0.1, 0.15) is 17.7 Å². The Morgan fingerprint density at radius 1 is 1.03 bits per heavy atom. The summed E-state index contributed by atoms with van der Waals surface area (Å²) < 4.78 is 5.42. The van der Waals surface area contributed by atoms with Crippen LogP contribution in [0.2, 0.25) is 0 Å². The predicted molar refractivity (Wildman–Crippen MR) is 141 cm³/mol. The van der Waals surface area contributed by atoms with Gasteiger partial charge in [-0.1, -0.05) is 63.4 Å². The molecular formula is C28H47N3O4. The lowest BCUT2D eigenvalue weighted by molar-refractivity contribution is -0.144. The van der Waals surface area contributed by atoms with Crippen LogP contribution in [-0.2, 0) is 14.3 Å². The van der Waals surface area contributed by atoms with Gasteiger partial charge in [-0.05, 0) is 66.4 Å². The van der Waals surface area contributed by atoms with Crippen molar-refractivity contribution in [2.75, 3.05) is 6.54 Å². The van der Waals surface area contributed by atoms with Gasteiger partial charge in [-0.3, -0.25) is 9.59 Å². The van der Waals surface area contributed by atoms with Gasteiger partial charge in [-0.15, -0.1) is 0 Å². The third kappa shape index (κ3) is 10.7. The number of unbranched alkanes of at least 4 members (excludes halogenated alkanes) is 2. The van der Waals surface area contributed by atoms with Crippen molar-refractivity contribution in [2.45, 2.75) is 112 Å². The number of carbonyl (C=O) groups excluding carboxylic acids is 3. The van der Waals surface area contributed by atoms with Crippen molar-refractivity contribution in [3.8, 4) is 0 Å². The van der Waals surface area contributed by atoms with E-state index in [-0.39, 0.29) is 17.7 Å². The van der Waals surface area contributed by atoms with E-state index in [0.29, 0.717) is 6.54 Å². The molecule has 0 heterocycles. The van der Waals surface area contributed by atoms with E-state index >= 15 is 0 Å². The summed E-state index contributed by atoms with van der Waals surface area (Å²) in [5.74, 6) is -0.738. The smallest absolute Gasteiger partial charge is 0.408 e. The first-order chi connectivity index (χ1) is 16.1. The van der Waals surface area contributed by atoms with Crippen LogP contribution in [0.5, 0.6) is 0 Å². The van der Waals surface area contributed by atoms with Crippen LogP contribution < -0.4 is 10.6 Å². The van der Waals surface area contributed by atoms with E-state index in [1.165, 1.54) is 0 Å². The Bertz CT molecular complexity index is 852. The molecule has 2 unspecified atom stereocenters. The number of hydrogen-bond acceptors (Lipinski definition) is 4. The minimum absolute atomic E-state index is 0.201. The van der Waals surface area contributed by atoms with Crippen molar-refractivity contribution in [2.24, 2.45) is 5.92 Å². The molecule has 0 fully saturated rings. The normalized spacial score (nSPS) is 13.7. The lowest BCUT2D eigenvalue weighted by atomic mass is 9.96. The van der Waals surface area contributed by atoms with E-state index in [0.717, 1.165) is 30.4 Å². The summed E-state index contributed by atoms with van der Waals surface area (Å²) in [7, 11) is 0. The molecule has 3 amide bonds. The molecule has 1 aromatic carbocycles. The molecular weight excluding hydrogens is 442 g/mol. The molecule has 0 saturated carbocycles. The van der Waals surface area contributed by atoms with Crippen LogP contribution >= 0.6 is 0 Å². The Kier molecular flexibility index (Phi) is 11.3. The van der Waals surface area contributed by atoms with Gasteiger partial charge < -0.3 is 20.3 Å². The number of nitrogens with zero attached hydrogens (tertiary/aromatic N) is 1. The number of benzene rings is 1. The van der Waals surface area contributed by atoms with Crippen molar-refractivity contribution in [1.82, 2.24) is 15.5 Å². The minimum atomic E-state index is -0.832. The van der Waals surface area contributed by atoms with Gasteiger partial charge in [0.25, 0.3) is 0 Å². The Labute approximate surface area is 212 Å². The van der Waals surface area contributed by atoms with Crippen LogP contribution in [0, 0.1) is 12.8 Å². The maximum atomic E-state index is 14.0. The molecule has 0 aliphatic heterocycles. The first kappa shape index (κ1) is 30.5. The van der Waals surface area contributed by atoms with Gasteiger partial charge in [0.2, 0.25) is 11.8 Å². The van der Waals surface area contributed by atoms with Crippen molar-refractivity contribution in [1.29, 1.82) is 0 Å². The van der Waals surface area contributed by atoms with Gasteiger partial charge in [-0.25, -0.2) is 4.79 Å². The number of rotatable bonds is 10. The molecule has 0 spiro atoms. The van der Waals surface area contributed by atoms with Crippen molar-refractivity contribution < 1.29 is 19.1 Å². The summed E-state index contributed by atoms with van der Waals surface area (Å²) in [6.07, 6.45) is 2.01. The maximum Gasteiger partial charge on any atom is 0.408 e. The minimum Gasteiger partial charge on any atom is -0.444 e. The Hall–Kier alpha value is -2.57. The van der Waals surface area contributed by atoms with Gasteiger partial charge in [0.05, 0.1) is 0 Å². The number of aryl methyl sites for hydroxylation is 1. The van der Waals surface area contributed by atoms with Crippen LogP contribution in [0.25, 0.3) is 0 Å². The standard InChI is InChI=1S/C28H47N3O4/c1-11-12-13-17-31(25(33)22(19(2)3)29-26(34)35-28(8,9)10)23(24(32)30-27(5,6)7)21-16-14-15-20(4)18-21/h14-16,18-19,22-23H,11-13,17H2,1-10H3,(H,29,34)(H,30,32). The average molecular weight is 490 g/mol. The molecule has 0 bridgehead atoms. The van der Waals surface area contributed by atoms with Crippen molar-refractivity contribution in [3.05, 3.63) is 35.4 Å². The molecule has 0 aliphatic rings. The Balaban J connectivity index is 3.49. The molecule has 2 N–H and O–H groups in total. The third-order valence-electron chi connectivity index (χ3n) is 5.31. The largest absolute Gasteiger partial charge is 0.444 e. The summed E-state index contributed by atoms with van der Waals surface area (Å²) in [5, 5.41) is 5.82. The highest BCUT2D eigenvalue weighted by atomic mass is 16.6. The number of nitrogens with one attached hydrogen (secondary N) is 2. The maximum absolute atomic E-state index is 14.0. The molecule has 1 rings (SSSR count). The van der Waals surface area contributed by atoms with Crippen LogP contribution in [0.3, 0.4) is 0 Å². The van der Waals surface area contributed by atoms with Crippen LogP contribution in [0.4, 0.5) is 4.79 Å². The monoisotopic (exact) mass is 489 g/mol. The van der Waals surface area contributed by atoms with Crippen molar-refractivity contribution in [3.63, 3.8) is 0 Å². The molecule has 2 atom stereocenters. The predicted octanol–water partition coefficient (Wildman–Crippen LogP) is 5.52. The highest BCUT2D eigenvalue weighted by Gasteiger charge is 2.38. The summed E-state index contributed by atoms with van der Waals surface area (Å²) in [6, 6.07) is 6.04. The number of carbonyl (C=O) groups is 3. The van der Waals surface area contributed by atoms with Gasteiger partial charge in [-0.2, -0.15) is 0 Å². The van der Waals surface area contributed by atoms with E-state index in [2.05, 4.69) is 17.6 Å². The quantitative estimate of drug-likeness (QED) is 0.424. The Morgan fingerprint density at radius 3 is 2.14 bits per heavy atom. The van der Waals surface area contributed by atoms with E-state index < -0.39 is 29.3 Å². The summed E-state index contributed by atoms with van der Waals surface area (Å²) in [5.41, 5.74) is 0.594. The second-order valence-corrected chi connectivity index (χ2v) is 11.7. The fraction of sp³-hybridized carbons (Fsp3) is 0.679. The van der Waals surface area contributed by atoms with Crippen LogP contribution in [0.1, 0.15) is 98.7 Å². The summed E-state index contributed by atoms with van der Waals surface area (Å²) >= 11 is 0. The number of hydrogen-bond donors (Lipinski definition) is 2.